The van der Waals surface area contributed by atoms with Crippen LogP contribution in [-0.2, 0) is 6.42 Å². The average molecular weight is 342 g/mol. The van der Waals surface area contributed by atoms with Gasteiger partial charge in [0, 0.05) is 24.1 Å². The molecular formula is C19H16F2N2O2. The van der Waals surface area contributed by atoms with Gasteiger partial charge in [0.15, 0.2) is 0 Å². The first-order chi connectivity index (χ1) is 12.0. The predicted octanol–water partition coefficient (Wildman–Crippen LogP) is 3.90. The molecule has 0 spiro atoms. The fourth-order valence-electron chi connectivity index (χ4n) is 2.42. The minimum Gasteiger partial charge on any atom is -0.444 e. The first kappa shape index (κ1) is 16.8. The number of nitrogens with one attached hydrogen (secondary N) is 1. The van der Waals surface area contributed by atoms with Gasteiger partial charge in [-0.1, -0.05) is 0 Å². The van der Waals surface area contributed by atoms with Crippen LogP contribution in [0.15, 0.2) is 53.1 Å². The molecule has 0 radical (unpaired) electrons. The van der Waals surface area contributed by atoms with Crippen molar-refractivity contribution < 1.29 is 18.0 Å². The van der Waals surface area contributed by atoms with E-state index in [0.29, 0.717) is 35.7 Å². The molecule has 1 aromatic heterocycles. The third kappa shape index (κ3) is 4.29. The Balaban J connectivity index is 1.57. The van der Waals surface area contributed by atoms with Gasteiger partial charge in [0.25, 0.3) is 5.91 Å². The quantitative estimate of drug-likeness (QED) is 0.765. The summed E-state index contributed by atoms with van der Waals surface area (Å²) in [7, 11) is 0. The predicted molar refractivity (Wildman–Crippen MR) is 89.1 cm³/mol. The van der Waals surface area contributed by atoms with Crippen LogP contribution in [0.4, 0.5) is 8.78 Å². The Morgan fingerprint density at radius 2 is 1.88 bits per heavy atom. The third-order valence-corrected chi connectivity index (χ3v) is 3.61. The second-order valence-electron chi connectivity index (χ2n) is 5.67. The summed E-state index contributed by atoms with van der Waals surface area (Å²) in [5.41, 5.74) is 2.30. The summed E-state index contributed by atoms with van der Waals surface area (Å²) in [5.74, 6) is -0.719. The van der Waals surface area contributed by atoms with Crippen LogP contribution in [0.2, 0.25) is 0 Å². The molecule has 128 valence electrons. The van der Waals surface area contributed by atoms with Crippen molar-refractivity contribution in [3.8, 4) is 11.5 Å². The van der Waals surface area contributed by atoms with Gasteiger partial charge < -0.3 is 9.73 Å². The van der Waals surface area contributed by atoms with Crippen LogP contribution < -0.4 is 5.32 Å². The summed E-state index contributed by atoms with van der Waals surface area (Å²) >= 11 is 0. The number of oxazole rings is 1. The van der Waals surface area contributed by atoms with Crippen LogP contribution in [0.25, 0.3) is 11.5 Å². The summed E-state index contributed by atoms with van der Waals surface area (Å²) in [6.45, 7) is 2.07. The highest BCUT2D eigenvalue weighted by molar-refractivity contribution is 5.94. The molecule has 0 saturated carbocycles. The number of hydrogen-bond donors (Lipinski definition) is 1. The van der Waals surface area contributed by atoms with Gasteiger partial charge in [-0.05, 0) is 55.0 Å². The van der Waals surface area contributed by atoms with Gasteiger partial charge in [-0.25, -0.2) is 13.8 Å². The molecule has 1 heterocycles. The molecule has 4 nitrogen and oxygen atoms in total. The molecular weight excluding hydrogens is 326 g/mol. The normalized spacial score (nSPS) is 10.7. The minimum absolute atomic E-state index is 0.282. The molecule has 6 heteroatoms. The van der Waals surface area contributed by atoms with Crippen molar-refractivity contribution in [3.05, 3.63) is 77.2 Å². The molecule has 0 atom stereocenters. The van der Waals surface area contributed by atoms with Crippen LogP contribution in [0, 0.1) is 18.6 Å². The van der Waals surface area contributed by atoms with Gasteiger partial charge >= 0.3 is 0 Å². The smallest absolute Gasteiger partial charge is 0.251 e. The number of hydrogen-bond acceptors (Lipinski definition) is 3. The Morgan fingerprint density at radius 3 is 2.60 bits per heavy atom. The Bertz CT molecular complexity index is 868. The molecule has 25 heavy (non-hydrogen) atoms. The lowest BCUT2D eigenvalue weighted by atomic mass is 10.1. The van der Waals surface area contributed by atoms with Gasteiger partial charge in [0.05, 0.1) is 5.69 Å². The van der Waals surface area contributed by atoms with Crippen molar-refractivity contribution in [2.45, 2.75) is 13.3 Å². The number of halogens is 2. The van der Waals surface area contributed by atoms with Crippen molar-refractivity contribution in [2.75, 3.05) is 6.54 Å². The summed E-state index contributed by atoms with van der Waals surface area (Å²) in [4.78, 5) is 16.3. The lowest BCUT2D eigenvalue weighted by molar-refractivity contribution is 0.0953. The lowest BCUT2D eigenvalue weighted by Gasteiger charge is -2.05. The SMILES string of the molecule is Cc1cc(F)cc(C(=O)NCCc2coc(-c3ccc(F)cc3)n2)c1. The molecule has 1 N–H and O–H groups in total. The zero-order valence-electron chi connectivity index (χ0n) is 13.6. The van der Waals surface area contributed by atoms with E-state index in [1.807, 2.05) is 0 Å². The van der Waals surface area contributed by atoms with E-state index in [1.165, 1.54) is 30.5 Å². The van der Waals surface area contributed by atoms with E-state index < -0.39 is 5.82 Å². The zero-order chi connectivity index (χ0) is 17.8. The Labute approximate surface area is 143 Å². The van der Waals surface area contributed by atoms with Crippen molar-refractivity contribution in [1.82, 2.24) is 10.3 Å². The number of nitrogens with zero attached hydrogens (tertiary/aromatic N) is 1. The first-order valence-corrected chi connectivity index (χ1v) is 7.77. The third-order valence-electron chi connectivity index (χ3n) is 3.61. The van der Waals surface area contributed by atoms with Gasteiger partial charge in [-0.3, -0.25) is 4.79 Å². The molecule has 3 aromatic rings. The lowest BCUT2D eigenvalue weighted by Crippen LogP contribution is -2.26. The highest BCUT2D eigenvalue weighted by atomic mass is 19.1. The van der Waals surface area contributed by atoms with Crippen molar-refractivity contribution in [2.24, 2.45) is 0 Å². The number of aromatic nitrogens is 1. The molecule has 0 aliphatic carbocycles. The fraction of sp³-hybridized carbons (Fsp3) is 0.158. The maximum Gasteiger partial charge on any atom is 0.251 e. The molecule has 2 aromatic carbocycles. The second-order valence-corrected chi connectivity index (χ2v) is 5.67. The molecule has 0 saturated heterocycles. The fourth-order valence-corrected chi connectivity index (χ4v) is 2.42. The van der Waals surface area contributed by atoms with Gasteiger partial charge in [0.1, 0.15) is 17.9 Å². The van der Waals surface area contributed by atoms with E-state index >= 15 is 0 Å². The summed E-state index contributed by atoms with van der Waals surface area (Å²) in [6, 6.07) is 10.0. The monoisotopic (exact) mass is 342 g/mol. The molecule has 0 unspecified atom stereocenters. The standard InChI is InChI=1S/C19H16F2N2O2/c1-12-8-14(10-16(21)9-12)18(24)22-7-6-17-11-25-19(23-17)13-2-4-15(20)5-3-13/h2-5,8-11H,6-7H2,1H3,(H,22,24). The highest BCUT2D eigenvalue weighted by Gasteiger charge is 2.10. The van der Waals surface area contributed by atoms with E-state index in [-0.39, 0.29) is 17.3 Å². The van der Waals surface area contributed by atoms with Gasteiger partial charge in [-0.15, -0.1) is 0 Å². The zero-order valence-corrected chi connectivity index (χ0v) is 13.6. The van der Waals surface area contributed by atoms with E-state index in [1.54, 1.807) is 25.1 Å². The molecule has 0 aliphatic rings. The number of rotatable bonds is 5. The van der Waals surface area contributed by atoms with E-state index in [9.17, 15) is 13.6 Å². The largest absolute Gasteiger partial charge is 0.444 e. The minimum atomic E-state index is -0.439. The van der Waals surface area contributed by atoms with Gasteiger partial charge in [0.2, 0.25) is 5.89 Å². The van der Waals surface area contributed by atoms with Crippen LogP contribution in [0.3, 0.4) is 0 Å². The number of carbonyl (C=O) groups excluding carboxylic acids is 1. The number of aryl methyl sites for hydroxylation is 1. The average Bonchev–Trinajstić information content (AvgIpc) is 3.03. The molecule has 1 amide bonds. The Hall–Kier alpha value is -3.02. The summed E-state index contributed by atoms with van der Waals surface area (Å²) in [6.07, 6.45) is 1.96. The molecule has 0 fully saturated rings. The van der Waals surface area contributed by atoms with Crippen molar-refractivity contribution in [1.29, 1.82) is 0 Å². The molecule has 3 rings (SSSR count). The Kier molecular flexibility index (Phi) is 4.88. The molecule has 0 aliphatic heterocycles. The topological polar surface area (TPSA) is 55.1 Å². The van der Waals surface area contributed by atoms with E-state index in [4.69, 9.17) is 4.42 Å². The molecule has 0 bridgehead atoms. The second kappa shape index (κ2) is 7.25. The maximum absolute atomic E-state index is 13.3. The summed E-state index contributed by atoms with van der Waals surface area (Å²) < 4.78 is 31.6. The number of carbonyl (C=O) groups is 1. The van der Waals surface area contributed by atoms with Crippen LogP contribution in [0.5, 0.6) is 0 Å². The van der Waals surface area contributed by atoms with Crippen LogP contribution in [0.1, 0.15) is 21.6 Å². The maximum atomic E-state index is 13.3. The summed E-state index contributed by atoms with van der Waals surface area (Å²) in [5, 5.41) is 2.72. The van der Waals surface area contributed by atoms with E-state index in [0.717, 1.165) is 0 Å². The number of benzene rings is 2. The van der Waals surface area contributed by atoms with Crippen LogP contribution >= 0.6 is 0 Å². The number of amides is 1. The Morgan fingerprint density at radius 1 is 1.12 bits per heavy atom. The van der Waals surface area contributed by atoms with E-state index in [2.05, 4.69) is 10.3 Å². The van der Waals surface area contributed by atoms with Crippen molar-refractivity contribution >= 4 is 5.91 Å². The van der Waals surface area contributed by atoms with Crippen molar-refractivity contribution in [3.63, 3.8) is 0 Å². The first-order valence-electron chi connectivity index (χ1n) is 7.77. The van der Waals surface area contributed by atoms with Crippen LogP contribution in [-0.4, -0.2) is 17.4 Å². The highest BCUT2D eigenvalue weighted by Crippen LogP contribution is 2.19. The van der Waals surface area contributed by atoms with Gasteiger partial charge in [-0.2, -0.15) is 0 Å².